The zero-order chi connectivity index (χ0) is 16.1. The molecule has 3 N–H and O–H groups in total. The number of rotatable bonds is 7. The number of hydrogen-bond acceptors (Lipinski definition) is 3. The van der Waals surface area contributed by atoms with Crippen molar-refractivity contribution in [3.8, 4) is 0 Å². The number of hydrogen-bond donors (Lipinski definition) is 2. The van der Waals surface area contributed by atoms with Crippen LogP contribution in [0.25, 0.3) is 0 Å². The van der Waals surface area contributed by atoms with Gasteiger partial charge in [0.1, 0.15) is 0 Å². The highest BCUT2D eigenvalue weighted by Crippen LogP contribution is 2.41. The van der Waals surface area contributed by atoms with Gasteiger partial charge in [-0.1, -0.05) is 13.8 Å². The quantitative estimate of drug-likeness (QED) is 0.755. The third-order valence-corrected chi connectivity index (χ3v) is 4.56. The summed E-state index contributed by atoms with van der Waals surface area (Å²) in [5.41, 5.74) is 4.46. The summed E-state index contributed by atoms with van der Waals surface area (Å²) in [5.74, 6) is -1.85. The average molecular weight is 309 g/mol. The summed E-state index contributed by atoms with van der Waals surface area (Å²) in [6.45, 7) is 7.20. The molecular weight excluding hydrogens is 283 g/mol. The molecule has 0 unspecified atom stereocenters. The van der Waals surface area contributed by atoms with E-state index in [0.717, 1.165) is 19.6 Å². The van der Waals surface area contributed by atoms with Crippen LogP contribution in [0.1, 0.15) is 39.5 Å². The van der Waals surface area contributed by atoms with Crippen molar-refractivity contribution in [3.05, 3.63) is 0 Å². The van der Waals surface area contributed by atoms with Gasteiger partial charge in [0.15, 0.2) is 0 Å². The lowest BCUT2D eigenvalue weighted by molar-refractivity contribution is -0.186. The Balaban J connectivity index is 2.56. The van der Waals surface area contributed by atoms with Crippen molar-refractivity contribution in [3.63, 3.8) is 0 Å². The van der Waals surface area contributed by atoms with E-state index in [9.17, 15) is 18.0 Å². The minimum atomic E-state index is -4.18. The molecule has 0 aliphatic heterocycles. The van der Waals surface area contributed by atoms with Gasteiger partial charge in [0.2, 0.25) is 5.91 Å². The molecule has 1 aliphatic carbocycles. The van der Waals surface area contributed by atoms with Gasteiger partial charge in [-0.25, -0.2) is 0 Å². The van der Waals surface area contributed by atoms with Crippen LogP contribution in [0.2, 0.25) is 0 Å². The van der Waals surface area contributed by atoms with Gasteiger partial charge in [0, 0.05) is 13.1 Å². The van der Waals surface area contributed by atoms with E-state index in [2.05, 4.69) is 10.2 Å². The molecule has 0 aromatic heterocycles. The van der Waals surface area contributed by atoms with Crippen molar-refractivity contribution in [2.75, 3.05) is 26.2 Å². The topological polar surface area (TPSA) is 58.4 Å². The summed E-state index contributed by atoms with van der Waals surface area (Å²) < 4.78 is 38.1. The fourth-order valence-corrected chi connectivity index (χ4v) is 2.94. The molecule has 0 bridgehead atoms. The molecule has 1 saturated carbocycles. The Morgan fingerprint density at radius 1 is 1.29 bits per heavy atom. The predicted octanol–water partition coefficient (Wildman–Crippen LogP) is 1.89. The Kier molecular flexibility index (Phi) is 6.46. The monoisotopic (exact) mass is 309 g/mol. The molecule has 21 heavy (non-hydrogen) atoms. The molecule has 0 saturated heterocycles. The third kappa shape index (κ3) is 4.85. The van der Waals surface area contributed by atoms with E-state index in [4.69, 9.17) is 5.73 Å². The molecule has 4 nitrogen and oxygen atoms in total. The van der Waals surface area contributed by atoms with Crippen molar-refractivity contribution in [1.29, 1.82) is 0 Å². The number of alkyl halides is 3. The van der Waals surface area contributed by atoms with Crippen molar-refractivity contribution in [2.45, 2.75) is 51.2 Å². The van der Waals surface area contributed by atoms with Crippen LogP contribution in [0.3, 0.4) is 0 Å². The molecule has 0 aromatic carbocycles. The van der Waals surface area contributed by atoms with E-state index in [1.807, 2.05) is 13.8 Å². The molecule has 0 aromatic rings. The van der Waals surface area contributed by atoms with E-state index in [-0.39, 0.29) is 25.7 Å². The van der Waals surface area contributed by atoms with Crippen LogP contribution in [-0.2, 0) is 4.79 Å². The smallest absolute Gasteiger partial charge is 0.368 e. The Labute approximate surface area is 124 Å². The van der Waals surface area contributed by atoms with Crippen molar-refractivity contribution < 1.29 is 18.0 Å². The second-order valence-electron chi connectivity index (χ2n) is 5.72. The fourth-order valence-electron chi connectivity index (χ4n) is 2.94. The second-order valence-corrected chi connectivity index (χ2v) is 5.72. The van der Waals surface area contributed by atoms with Crippen LogP contribution in [0.5, 0.6) is 0 Å². The highest BCUT2D eigenvalue weighted by Gasteiger charge is 2.47. The number of halogens is 3. The Morgan fingerprint density at radius 3 is 2.19 bits per heavy atom. The van der Waals surface area contributed by atoms with Crippen LogP contribution in [0, 0.1) is 5.92 Å². The molecule has 0 heterocycles. The van der Waals surface area contributed by atoms with Crippen LogP contribution >= 0.6 is 0 Å². The number of amides is 1. The summed E-state index contributed by atoms with van der Waals surface area (Å²) in [4.78, 5) is 13.9. The first-order valence-electron chi connectivity index (χ1n) is 7.59. The molecule has 1 amide bonds. The number of nitrogens with zero attached hydrogens (tertiary/aromatic N) is 1. The average Bonchev–Trinajstić information content (AvgIpc) is 2.43. The fraction of sp³-hybridized carbons (Fsp3) is 0.929. The first-order chi connectivity index (χ1) is 9.75. The first-order valence-corrected chi connectivity index (χ1v) is 7.59. The molecule has 124 valence electrons. The van der Waals surface area contributed by atoms with Crippen molar-refractivity contribution in [1.82, 2.24) is 10.2 Å². The summed E-state index contributed by atoms with van der Waals surface area (Å²) in [7, 11) is 0. The zero-order valence-electron chi connectivity index (χ0n) is 12.8. The van der Waals surface area contributed by atoms with Crippen molar-refractivity contribution >= 4 is 5.91 Å². The van der Waals surface area contributed by atoms with Gasteiger partial charge in [-0.05, 0) is 38.8 Å². The summed E-state index contributed by atoms with van der Waals surface area (Å²) in [6, 6.07) is 0. The van der Waals surface area contributed by atoms with Crippen LogP contribution in [-0.4, -0.2) is 48.7 Å². The SMILES string of the molecule is CCN(CC)CCNC1(C(N)=O)CCC(C(F)(F)F)CC1. The Bertz CT molecular complexity index is 335. The molecule has 0 spiro atoms. The van der Waals surface area contributed by atoms with E-state index in [0.29, 0.717) is 6.54 Å². The number of carbonyl (C=O) groups excluding carboxylic acids is 1. The van der Waals surface area contributed by atoms with Gasteiger partial charge in [0.05, 0.1) is 11.5 Å². The minimum Gasteiger partial charge on any atom is -0.368 e. The van der Waals surface area contributed by atoms with Gasteiger partial charge in [-0.15, -0.1) is 0 Å². The maximum absolute atomic E-state index is 12.7. The molecule has 0 radical (unpaired) electrons. The lowest BCUT2D eigenvalue weighted by Crippen LogP contribution is -2.59. The Hall–Kier alpha value is -0.820. The molecule has 1 rings (SSSR count). The molecule has 1 aliphatic rings. The largest absolute Gasteiger partial charge is 0.391 e. The summed E-state index contributed by atoms with van der Waals surface area (Å²) in [6.07, 6.45) is -3.93. The highest BCUT2D eigenvalue weighted by atomic mass is 19.4. The van der Waals surface area contributed by atoms with Gasteiger partial charge in [-0.2, -0.15) is 13.2 Å². The zero-order valence-corrected chi connectivity index (χ0v) is 12.8. The Morgan fingerprint density at radius 2 is 1.81 bits per heavy atom. The number of carbonyl (C=O) groups is 1. The van der Waals surface area contributed by atoms with E-state index in [1.165, 1.54) is 0 Å². The second kappa shape index (κ2) is 7.45. The lowest BCUT2D eigenvalue weighted by Gasteiger charge is -2.39. The minimum absolute atomic E-state index is 0.0370. The van der Waals surface area contributed by atoms with E-state index >= 15 is 0 Å². The standard InChI is InChI=1S/C14H26F3N3O/c1-3-20(4-2)10-9-19-13(12(18)21)7-5-11(6-8-13)14(15,16)17/h11,19H,3-10H2,1-2H3,(H2,18,21). The van der Waals surface area contributed by atoms with Crippen molar-refractivity contribution in [2.24, 2.45) is 11.7 Å². The molecular formula is C14H26F3N3O. The maximum Gasteiger partial charge on any atom is 0.391 e. The van der Waals surface area contributed by atoms with Crippen LogP contribution in [0.4, 0.5) is 13.2 Å². The van der Waals surface area contributed by atoms with Crippen LogP contribution in [0.15, 0.2) is 0 Å². The van der Waals surface area contributed by atoms with Crippen LogP contribution < -0.4 is 11.1 Å². The molecule has 0 atom stereocenters. The molecule has 7 heteroatoms. The third-order valence-electron chi connectivity index (χ3n) is 4.56. The number of likely N-dealkylation sites (N-methyl/N-ethyl adjacent to an activating group) is 1. The van der Waals surface area contributed by atoms with Gasteiger partial charge in [-0.3, -0.25) is 4.79 Å². The number of primary amides is 1. The number of nitrogens with one attached hydrogen (secondary N) is 1. The normalized spacial score (nSPS) is 27.0. The number of nitrogens with two attached hydrogens (primary N) is 1. The van der Waals surface area contributed by atoms with Gasteiger partial charge < -0.3 is 16.0 Å². The first kappa shape index (κ1) is 18.2. The van der Waals surface area contributed by atoms with E-state index in [1.54, 1.807) is 0 Å². The van der Waals surface area contributed by atoms with Gasteiger partial charge in [0.25, 0.3) is 0 Å². The summed E-state index contributed by atoms with van der Waals surface area (Å²) >= 11 is 0. The molecule has 1 fully saturated rings. The predicted molar refractivity (Wildman–Crippen MR) is 75.7 cm³/mol. The van der Waals surface area contributed by atoms with E-state index < -0.39 is 23.5 Å². The summed E-state index contributed by atoms with van der Waals surface area (Å²) in [5, 5.41) is 3.12. The lowest BCUT2D eigenvalue weighted by atomic mass is 9.75. The maximum atomic E-state index is 12.7. The van der Waals surface area contributed by atoms with Gasteiger partial charge >= 0.3 is 6.18 Å². The highest BCUT2D eigenvalue weighted by molar-refractivity contribution is 5.84.